The van der Waals surface area contributed by atoms with Crippen molar-refractivity contribution in [2.45, 2.75) is 45.2 Å². The third-order valence-electron chi connectivity index (χ3n) is 3.01. The van der Waals surface area contributed by atoms with Gasteiger partial charge in [-0.25, -0.2) is 12.8 Å². The van der Waals surface area contributed by atoms with Crippen LogP contribution in [0.2, 0.25) is 0 Å². The molecule has 1 aromatic rings. The van der Waals surface area contributed by atoms with Crippen LogP contribution < -0.4 is 5.73 Å². The first-order valence-electron chi connectivity index (χ1n) is 6.81. The summed E-state index contributed by atoms with van der Waals surface area (Å²) in [6, 6.07) is 2.54. The molecule has 1 aromatic carbocycles. The lowest BCUT2D eigenvalue weighted by atomic mass is 10.2. The average Bonchev–Trinajstić information content (AvgIpc) is 2.37. The number of nitrogens with zero attached hydrogens (tertiary/aromatic N) is 1. The minimum Gasteiger partial charge on any atom is -0.326 e. The van der Waals surface area contributed by atoms with Crippen molar-refractivity contribution >= 4 is 26.0 Å². The fourth-order valence-corrected chi connectivity index (χ4v) is 4.62. The molecule has 0 saturated carbocycles. The van der Waals surface area contributed by atoms with Crippen molar-refractivity contribution < 1.29 is 12.8 Å². The molecular weight excluding hydrogens is 359 g/mol. The molecule has 0 unspecified atom stereocenters. The first kappa shape index (κ1) is 18.5. The Bertz CT molecular complexity index is 603. The van der Waals surface area contributed by atoms with E-state index in [1.807, 2.05) is 13.8 Å². The molecule has 0 aliphatic rings. The summed E-state index contributed by atoms with van der Waals surface area (Å²) in [5.41, 5.74) is 5.66. The average molecular weight is 381 g/mol. The molecule has 0 bridgehead atoms. The minimum absolute atomic E-state index is 0.0559. The number of sulfonamides is 1. The fourth-order valence-electron chi connectivity index (χ4n) is 2.03. The van der Waals surface area contributed by atoms with Gasteiger partial charge in [-0.1, -0.05) is 29.8 Å². The van der Waals surface area contributed by atoms with E-state index in [2.05, 4.69) is 15.9 Å². The number of benzene rings is 1. The van der Waals surface area contributed by atoms with Crippen LogP contribution >= 0.6 is 15.9 Å². The van der Waals surface area contributed by atoms with Crippen LogP contribution in [0.15, 0.2) is 21.5 Å². The van der Waals surface area contributed by atoms with Crippen LogP contribution in [0, 0.1) is 11.7 Å². The second-order valence-corrected chi connectivity index (χ2v) is 8.42. The van der Waals surface area contributed by atoms with E-state index in [1.165, 1.54) is 16.4 Å². The molecule has 0 spiro atoms. The van der Waals surface area contributed by atoms with Gasteiger partial charge in [0.1, 0.15) is 10.7 Å². The highest BCUT2D eigenvalue weighted by Gasteiger charge is 2.31. The molecule has 0 fully saturated rings. The standard InChI is InChI=1S/C14H22BrFN2O2S/c1-9(2)8-18(10(3)4)21(19,20)13-6-12(15)5-11(7-17)14(13)16/h5-6,9-10H,7-8,17H2,1-4H3. The van der Waals surface area contributed by atoms with Gasteiger partial charge in [0.2, 0.25) is 10.0 Å². The number of halogens is 2. The SMILES string of the molecule is CC(C)CN(C(C)C)S(=O)(=O)c1cc(Br)cc(CN)c1F. The van der Waals surface area contributed by atoms with Crippen molar-refractivity contribution in [3.8, 4) is 0 Å². The number of hydrogen-bond acceptors (Lipinski definition) is 3. The zero-order chi connectivity index (χ0) is 16.4. The fraction of sp³-hybridized carbons (Fsp3) is 0.571. The van der Waals surface area contributed by atoms with Crippen LogP contribution in [0.1, 0.15) is 33.3 Å². The molecule has 0 saturated heterocycles. The maximum atomic E-state index is 14.4. The van der Waals surface area contributed by atoms with Crippen LogP contribution in [0.3, 0.4) is 0 Å². The minimum atomic E-state index is -3.91. The predicted molar refractivity (Wildman–Crippen MR) is 85.9 cm³/mol. The third-order valence-corrected chi connectivity index (χ3v) is 5.51. The van der Waals surface area contributed by atoms with Gasteiger partial charge in [-0.15, -0.1) is 0 Å². The van der Waals surface area contributed by atoms with Crippen LogP contribution in [0.25, 0.3) is 0 Å². The lowest BCUT2D eigenvalue weighted by Crippen LogP contribution is -2.40. The van der Waals surface area contributed by atoms with E-state index in [4.69, 9.17) is 5.73 Å². The van der Waals surface area contributed by atoms with Crippen LogP contribution in [-0.2, 0) is 16.6 Å². The Morgan fingerprint density at radius 3 is 2.29 bits per heavy atom. The summed E-state index contributed by atoms with van der Waals surface area (Å²) in [5.74, 6) is -0.624. The Balaban J connectivity index is 3.44. The van der Waals surface area contributed by atoms with Crippen molar-refractivity contribution in [2.75, 3.05) is 6.54 Å². The highest BCUT2D eigenvalue weighted by atomic mass is 79.9. The molecule has 0 aliphatic carbocycles. The summed E-state index contributed by atoms with van der Waals surface area (Å²) in [6.45, 7) is 7.68. The zero-order valence-corrected chi connectivity index (χ0v) is 15.1. The molecule has 0 heterocycles. The van der Waals surface area contributed by atoms with Gasteiger partial charge in [0.05, 0.1) is 0 Å². The third kappa shape index (κ3) is 4.25. The zero-order valence-electron chi connectivity index (χ0n) is 12.7. The van der Waals surface area contributed by atoms with E-state index in [9.17, 15) is 12.8 Å². The molecule has 0 amide bonds. The Morgan fingerprint density at radius 1 is 1.29 bits per heavy atom. The largest absolute Gasteiger partial charge is 0.326 e. The van der Waals surface area contributed by atoms with Crippen LogP contribution in [-0.4, -0.2) is 25.3 Å². The number of rotatable bonds is 6. The van der Waals surface area contributed by atoms with E-state index in [0.717, 1.165) is 0 Å². The Morgan fingerprint density at radius 2 is 1.86 bits per heavy atom. The molecule has 0 aromatic heterocycles. The predicted octanol–water partition coefficient (Wildman–Crippen LogP) is 3.10. The van der Waals surface area contributed by atoms with E-state index >= 15 is 0 Å². The lowest BCUT2D eigenvalue weighted by Gasteiger charge is -2.28. The molecule has 21 heavy (non-hydrogen) atoms. The topological polar surface area (TPSA) is 63.4 Å². The molecule has 2 N–H and O–H groups in total. The summed E-state index contributed by atoms with van der Waals surface area (Å²) in [7, 11) is -3.91. The van der Waals surface area contributed by atoms with Gasteiger partial charge >= 0.3 is 0 Å². The second-order valence-electron chi connectivity index (χ2n) is 5.64. The molecule has 0 aliphatic heterocycles. The molecule has 4 nitrogen and oxygen atoms in total. The van der Waals surface area contributed by atoms with Gasteiger partial charge in [0, 0.05) is 29.2 Å². The summed E-state index contributed by atoms with van der Waals surface area (Å²) < 4.78 is 41.8. The lowest BCUT2D eigenvalue weighted by molar-refractivity contribution is 0.317. The molecule has 0 radical (unpaired) electrons. The van der Waals surface area contributed by atoms with Gasteiger partial charge in [0.25, 0.3) is 0 Å². The molecule has 7 heteroatoms. The summed E-state index contributed by atoms with van der Waals surface area (Å²) in [5, 5.41) is 0. The first-order chi connectivity index (χ1) is 9.61. The molecular formula is C14H22BrFN2O2S. The highest BCUT2D eigenvalue weighted by molar-refractivity contribution is 9.10. The Kier molecular flexibility index (Phi) is 6.34. The highest BCUT2D eigenvalue weighted by Crippen LogP contribution is 2.28. The van der Waals surface area contributed by atoms with Gasteiger partial charge in [-0.05, 0) is 31.9 Å². The van der Waals surface area contributed by atoms with Crippen molar-refractivity contribution in [1.82, 2.24) is 4.31 Å². The van der Waals surface area contributed by atoms with Gasteiger partial charge in [-0.3, -0.25) is 0 Å². The van der Waals surface area contributed by atoms with Crippen molar-refractivity contribution in [1.29, 1.82) is 0 Å². The van der Waals surface area contributed by atoms with Gasteiger partial charge in [-0.2, -0.15) is 4.31 Å². The monoisotopic (exact) mass is 380 g/mol. The van der Waals surface area contributed by atoms with Crippen LogP contribution in [0.4, 0.5) is 4.39 Å². The van der Waals surface area contributed by atoms with Crippen molar-refractivity contribution in [3.63, 3.8) is 0 Å². The Labute approximate surface area is 134 Å². The summed E-state index contributed by atoms with van der Waals surface area (Å²) in [4.78, 5) is -0.327. The molecule has 0 atom stereocenters. The van der Waals surface area contributed by atoms with Crippen LogP contribution in [0.5, 0.6) is 0 Å². The molecule has 1 rings (SSSR count). The second kappa shape index (κ2) is 7.17. The summed E-state index contributed by atoms with van der Waals surface area (Å²) in [6.07, 6.45) is 0. The summed E-state index contributed by atoms with van der Waals surface area (Å²) >= 11 is 3.21. The quantitative estimate of drug-likeness (QED) is 0.824. The maximum Gasteiger partial charge on any atom is 0.246 e. The van der Waals surface area contributed by atoms with Crippen molar-refractivity contribution in [2.24, 2.45) is 11.7 Å². The Hall–Kier alpha value is -0.500. The van der Waals surface area contributed by atoms with E-state index in [1.54, 1.807) is 13.8 Å². The maximum absolute atomic E-state index is 14.4. The number of nitrogens with two attached hydrogens (primary N) is 1. The van der Waals surface area contributed by atoms with E-state index < -0.39 is 15.8 Å². The van der Waals surface area contributed by atoms with E-state index in [0.29, 0.717) is 11.0 Å². The van der Waals surface area contributed by atoms with Gasteiger partial charge in [0.15, 0.2) is 0 Å². The first-order valence-corrected chi connectivity index (χ1v) is 9.04. The van der Waals surface area contributed by atoms with Crippen molar-refractivity contribution in [3.05, 3.63) is 28.0 Å². The molecule has 120 valence electrons. The number of hydrogen-bond donors (Lipinski definition) is 1. The normalized spacial score (nSPS) is 12.7. The van der Waals surface area contributed by atoms with E-state index in [-0.39, 0.29) is 29.0 Å². The smallest absolute Gasteiger partial charge is 0.246 e. The van der Waals surface area contributed by atoms with Gasteiger partial charge < -0.3 is 5.73 Å².